The van der Waals surface area contributed by atoms with Crippen LogP contribution in [0.3, 0.4) is 0 Å². The second kappa shape index (κ2) is 8.71. The number of amides is 1. The predicted molar refractivity (Wildman–Crippen MR) is 98.7 cm³/mol. The quantitative estimate of drug-likeness (QED) is 0.791. The van der Waals surface area contributed by atoms with Crippen LogP contribution in [0.1, 0.15) is 25.0 Å². The lowest BCUT2D eigenvalue weighted by Gasteiger charge is -2.11. The molecule has 0 aliphatic rings. The van der Waals surface area contributed by atoms with E-state index in [0.29, 0.717) is 11.6 Å². The number of carbonyl (C=O) groups is 1. The maximum atomic E-state index is 12.0. The first-order chi connectivity index (χ1) is 11.4. The lowest BCUT2D eigenvalue weighted by Crippen LogP contribution is -2.28. The SMILES string of the molecule is Cc1ccc(Cl)cc1NC(=O)CNCc1ccc(OC(C)C)cc1. The first kappa shape index (κ1) is 18.3. The van der Waals surface area contributed by atoms with Crippen LogP contribution < -0.4 is 15.4 Å². The molecule has 0 aliphatic carbocycles. The molecule has 2 rings (SSSR count). The molecule has 4 nitrogen and oxygen atoms in total. The minimum atomic E-state index is -0.0971. The van der Waals surface area contributed by atoms with E-state index in [9.17, 15) is 4.79 Å². The average Bonchev–Trinajstić information content (AvgIpc) is 2.52. The van der Waals surface area contributed by atoms with Crippen LogP contribution >= 0.6 is 11.6 Å². The van der Waals surface area contributed by atoms with E-state index in [1.807, 2.05) is 51.1 Å². The zero-order valence-electron chi connectivity index (χ0n) is 14.2. The first-order valence-electron chi connectivity index (χ1n) is 7.96. The molecule has 0 saturated heterocycles. The van der Waals surface area contributed by atoms with Gasteiger partial charge in [0.05, 0.1) is 12.6 Å². The van der Waals surface area contributed by atoms with Gasteiger partial charge in [0.25, 0.3) is 0 Å². The maximum absolute atomic E-state index is 12.0. The molecule has 0 atom stereocenters. The van der Waals surface area contributed by atoms with Crippen LogP contribution in [0.15, 0.2) is 42.5 Å². The minimum absolute atomic E-state index is 0.0971. The van der Waals surface area contributed by atoms with Gasteiger partial charge in [-0.25, -0.2) is 0 Å². The summed E-state index contributed by atoms with van der Waals surface area (Å²) in [5, 5.41) is 6.60. The molecule has 0 fully saturated rings. The van der Waals surface area contributed by atoms with E-state index in [1.165, 1.54) is 0 Å². The molecular formula is C19H23ClN2O2. The van der Waals surface area contributed by atoms with Gasteiger partial charge in [-0.15, -0.1) is 0 Å². The van der Waals surface area contributed by atoms with Crippen molar-refractivity contribution >= 4 is 23.2 Å². The summed E-state index contributed by atoms with van der Waals surface area (Å²) >= 11 is 5.95. The van der Waals surface area contributed by atoms with Crippen molar-refractivity contribution in [3.05, 3.63) is 58.6 Å². The maximum Gasteiger partial charge on any atom is 0.238 e. The normalized spacial score (nSPS) is 10.7. The van der Waals surface area contributed by atoms with Crippen molar-refractivity contribution in [3.63, 3.8) is 0 Å². The number of ether oxygens (including phenoxy) is 1. The van der Waals surface area contributed by atoms with Crippen LogP contribution in [0, 0.1) is 6.92 Å². The van der Waals surface area contributed by atoms with Gasteiger partial charge in [-0.05, 0) is 56.2 Å². The molecule has 128 valence electrons. The number of aryl methyl sites for hydroxylation is 1. The molecule has 0 aliphatic heterocycles. The van der Waals surface area contributed by atoms with Crippen LogP contribution in [0.5, 0.6) is 5.75 Å². The zero-order chi connectivity index (χ0) is 17.5. The second-order valence-electron chi connectivity index (χ2n) is 5.92. The van der Waals surface area contributed by atoms with Crippen molar-refractivity contribution < 1.29 is 9.53 Å². The van der Waals surface area contributed by atoms with E-state index < -0.39 is 0 Å². The van der Waals surface area contributed by atoms with E-state index in [-0.39, 0.29) is 18.6 Å². The van der Waals surface area contributed by atoms with Gasteiger partial charge in [0, 0.05) is 17.3 Å². The van der Waals surface area contributed by atoms with Crippen LogP contribution in [0.4, 0.5) is 5.69 Å². The van der Waals surface area contributed by atoms with Crippen LogP contribution in [0.25, 0.3) is 0 Å². The Morgan fingerprint density at radius 3 is 2.54 bits per heavy atom. The Hall–Kier alpha value is -2.04. The molecule has 5 heteroatoms. The summed E-state index contributed by atoms with van der Waals surface area (Å²) in [5.74, 6) is 0.753. The fourth-order valence-corrected chi connectivity index (χ4v) is 2.37. The third-order valence-electron chi connectivity index (χ3n) is 3.38. The number of rotatable bonds is 7. The number of nitrogens with one attached hydrogen (secondary N) is 2. The number of benzene rings is 2. The van der Waals surface area contributed by atoms with Gasteiger partial charge in [-0.1, -0.05) is 29.8 Å². The average molecular weight is 347 g/mol. The highest BCUT2D eigenvalue weighted by atomic mass is 35.5. The van der Waals surface area contributed by atoms with E-state index in [2.05, 4.69) is 10.6 Å². The summed E-state index contributed by atoms with van der Waals surface area (Å²) in [5.41, 5.74) is 2.82. The molecule has 24 heavy (non-hydrogen) atoms. The Kier molecular flexibility index (Phi) is 6.64. The summed E-state index contributed by atoms with van der Waals surface area (Å²) in [7, 11) is 0. The van der Waals surface area contributed by atoms with Gasteiger partial charge in [-0.3, -0.25) is 4.79 Å². The van der Waals surface area contributed by atoms with Gasteiger partial charge in [-0.2, -0.15) is 0 Å². The topological polar surface area (TPSA) is 50.4 Å². The van der Waals surface area contributed by atoms with Crippen molar-refractivity contribution in [2.45, 2.75) is 33.4 Å². The van der Waals surface area contributed by atoms with E-state index >= 15 is 0 Å². The highest BCUT2D eigenvalue weighted by Crippen LogP contribution is 2.20. The minimum Gasteiger partial charge on any atom is -0.491 e. The van der Waals surface area contributed by atoms with E-state index in [4.69, 9.17) is 16.3 Å². The van der Waals surface area contributed by atoms with Crippen molar-refractivity contribution in [2.24, 2.45) is 0 Å². The fraction of sp³-hybridized carbons (Fsp3) is 0.316. The van der Waals surface area contributed by atoms with Crippen molar-refractivity contribution in [2.75, 3.05) is 11.9 Å². The number of hydrogen-bond donors (Lipinski definition) is 2. The Balaban J connectivity index is 1.79. The van der Waals surface area contributed by atoms with Crippen molar-refractivity contribution in [1.29, 1.82) is 0 Å². The van der Waals surface area contributed by atoms with Crippen LogP contribution in [-0.4, -0.2) is 18.6 Å². The first-order valence-corrected chi connectivity index (χ1v) is 8.34. The van der Waals surface area contributed by atoms with Gasteiger partial charge in [0.15, 0.2) is 0 Å². The van der Waals surface area contributed by atoms with Crippen molar-refractivity contribution in [3.8, 4) is 5.75 Å². The summed E-state index contributed by atoms with van der Waals surface area (Å²) in [4.78, 5) is 12.0. The summed E-state index contributed by atoms with van der Waals surface area (Å²) in [6.45, 7) is 6.77. The predicted octanol–water partition coefficient (Wildman–Crippen LogP) is 4.16. The highest BCUT2D eigenvalue weighted by molar-refractivity contribution is 6.31. The van der Waals surface area contributed by atoms with Gasteiger partial charge >= 0.3 is 0 Å². The van der Waals surface area contributed by atoms with Crippen molar-refractivity contribution in [1.82, 2.24) is 5.32 Å². The molecule has 0 radical (unpaired) electrons. The van der Waals surface area contributed by atoms with E-state index in [1.54, 1.807) is 12.1 Å². The molecule has 1 amide bonds. The molecule has 0 heterocycles. The Morgan fingerprint density at radius 2 is 1.88 bits per heavy atom. The van der Waals surface area contributed by atoms with E-state index in [0.717, 1.165) is 22.6 Å². The number of halogens is 1. The highest BCUT2D eigenvalue weighted by Gasteiger charge is 2.05. The monoisotopic (exact) mass is 346 g/mol. The smallest absolute Gasteiger partial charge is 0.238 e. The molecular weight excluding hydrogens is 324 g/mol. The fourth-order valence-electron chi connectivity index (χ4n) is 2.20. The summed E-state index contributed by atoms with van der Waals surface area (Å²) in [6, 6.07) is 13.3. The summed E-state index contributed by atoms with van der Waals surface area (Å²) < 4.78 is 5.60. The largest absolute Gasteiger partial charge is 0.491 e. The van der Waals surface area contributed by atoms with Crippen LogP contribution in [0.2, 0.25) is 5.02 Å². The Morgan fingerprint density at radius 1 is 1.17 bits per heavy atom. The number of anilines is 1. The standard InChI is InChI=1S/C19H23ClN2O2/c1-13(2)24-17-8-5-15(6-9-17)11-21-12-19(23)22-18-10-16(20)7-4-14(18)3/h4-10,13,21H,11-12H2,1-3H3,(H,22,23). The zero-order valence-corrected chi connectivity index (χ0v) is 15.0. The number of carbonyl (C=O) groups excluding carboxylic acids is 1. The summed E-state index contributed by atoms with van der Waals surface area (Å²) in [6.07, 6.45) is 0.160. The molecule has 0 spiro atoms. The Labute approximate surface area is 148 Å². The lowest BCUT2D eigenvalue weighted by molar-refractivity contribution is -0.115. The second-order valence-corrected chi connectivity index (χ2v) is 6.36. The lowest BCUT2D eigenvalue weighted by atomic mass is 10.2. The van der Waals surface area contributed by atoms with Gasteiger partial charge in [0.1, 0.15) is 5.75 Å². The number of hydrogen-bond acceptors (Lipinski definition) is 3. The third kappa shape index (κ3) is 5.87. The third-order valence-corrected chi connectivity index (χ3v) is 3.62. The molecule has 2 aromatic carbocycles. The van der Waals surface area contributed by atoms with Gasteiger partial charge in [0.2, 0.25) is 5.91 Å². The molecule has 2 N–H and O–H groups in total. The van der Waals surface area contributed by atoms with Gasteiger partial charge < -0.3 is 15.4 Å². The molecule has 0 saturated carbocycles. The van der Waals surface area contributed by atoms with Crippen LogP contribution in [-0.2, 0) is 11.3 Å². The molecule has 0 bridgehead atoms. The molecule has 0 unspecified atom stereocenters. The Bertz CT molecular complexity index is 684. The molecule has 2 aromatic rings. The molecule has 0 aromatic heterocycles.